The number of carbonyl (C=O) groups is 3. The standard InChI is InChI=1S/C23H21Cl2N5O4/c1-2-26-23(34)28-15-11-18(30-27-12-15)14-8-6-13(7-9-14)10-19(22(32)33)29-21(31)20-16(24)4-3-5-17(20)25/h3-9,11-12,19H,2,10H2,1H3,(H,29,31)(H,32,33)(H2,26,28,30,34)/t19-/m0/s1. The van der Waals surface area contributed by atoms with Crippen LogP contribution >= 0.6 is 23.2 Å². The molecule has 1 aromatic heterocycles. The number of benzene rings is 2. The summed E-state index contributed by atoms with van der Waals surface area (Å²) in [4.78, 5) is 36.1. The average Bonchev–Trinajstić information content (AvgIpc) is 2.79. The molecule has 0 aliphatic heterocycles. The Hall–Kier alpha value is -3.69. The molecule has 1 atom stereocenters. The molecule has 3 amide bonds. The van der Waals surface area contributed by atoms with Crippen LogP contribution in [-0.4, -0.2) is 45.8 Å². The first-order valence-corrected chi connectivity index (χ1v) is 11.0. The highest BCUT2D eigenvalue weighted by molar-refractivity contribution is 6.39. The number of amides is 3. The summed E-state index contributed by atoms with van der Waals surface area (Å²) in [6.07, 6.45) is 1.46. The molecule has 2 aromatic carbocycles. The number of rotatable bonds is 8. The van der Waals surface area contributed by atoms with Gasteiger partial charge in [0.1, 0.15) is 6.04 Å². The van der Waals surface area contributed by atoms with Crippen LogP contribution in [0.5, 0.6) is 0 Å². The zero-order chi connectivity index (χ0) is 24.7. The van der Waals surface area contributed by atoms with E-state index in [0.29, 0.717) is 23.5 Å². The second kappa shape index (κ2) is 11.4. The summed E-state index contributed by atoms with van der Waals surface area (Å²) in [7, 11) is 0. The molecule has 0 unspecified atom stereocenters. The molecule has 1 heterocycles. The fourth-order valence-electron chi connectivity index (χ4n) is 3.10. The molecule has 9 nitrogen and oxygen atoms in total. The van der Waals surface area contributed by atoms with Crippen molar-refractivity contribution >= 4 is 46.8 Å². The fraction of sp³-hybridized carbons (Fsp3) is 0.174. The second-order valence-electron chi connectivity index (χ2n) is 7.18. The molecule has 0 saturated carbocycles. The first-order chi connectivity index (χ1) is 16.3. The molecule has 11 heteroatoms. The minimum atomic E-state index is -1.20. The maximum atomic E-state index is 12.6. The third-order valence-corrected chi connectivity index (χ3v) is 5.36. The van der Waals surface area contributed by atoms with Crippen LogP contribution in [0.1, 0.15) is 22.8 Å². The molecular weight excluding hydrogens is 481 g/mol. The van der Waals surface area contributed by atoms with E-state index >= 15 is 0 Å². The van der Waals surface area contributed by atoms with E-state index in [4.69, 9.17) is 23.2 Å². The first-order valence-electron chi connectivity index (χ1n) is 10.2. The molecular formula is C23H21Cl2N5O4. The number of anilines is 1. The van der Waals surface area contributed by atoms with Crippen LogP contribution in [0.2, 0.25) is 10.0 Å². The van der Waals surface area contributed by atoms with Gasteiger partial charge in [0.2, 0.25) is 0 Å². The summed E-state index contributed by atoms with van der Waals surface area (Å²) < 4.78 is 0. The first kappa shape index (κ1) is 24.9. The van der Waals surface area contributed by atoms with Gasteiger partial charge in [-0.05, 0) is 30.7 Å². The van der Waals surface area contributed by atoms with Gasteiger partial charge in [-0.3, -0.25) is 4.79 Å². The number of hydrogen-bond donors (Lipinski definition) is 4. The third kappa shape index (κ3) is 6.43. The Morgan fingerprint density at radius 1 is 1.06 bits per heavy atom. The molecule has 0 bridgehead atoms. The van der Waals surface area contributed by atoms with E-state index < -0.39 is 17.9 Å². The van der Waals surface area contributed by atoms with Crippen LogP contribution in [0, 0.1) is 0 Å². The molecule has 0 spiro atoms. The van der Waals surface area contributed by atoms with E-state index in [2.05, 4.69) is 26.1 Å². The van der Waals surface area contributed by atoms with Gasteiger partial charge in [-0.25, -0.2) is 9.59 Å². The lowest BCUT2D eigenvalue weighted by Crippen LogP contribution is -2.42. The van der Waals surface area contributed by atoms with Gasteiger partial charge in [0.25, 0.3) is 5.91 Å². The molecule has 0 aliphatic rings. The van der Waals surface area contributed by atoms with Crippen molar-refractivity contribution in [3.8, 4) is 11.3 Å². The highest BCUT2D eigenvalue weighted by Crippen LogP contribution is 2.24. The van der Waals surface area contributed by atoms with Gasteiger partial charge >= 0.3 is 12.0 Å². The van der Waals surface area contributed by atoms with E-state index in [-0.39, 0.29) is 28.1 Å². The molecule has 3 rings (SSSR count). The molecule has 34 heavy (non-hydrogen) atoms. The van der Waals surface area contributed by atoms with E-state index in [1.807, 2.05) is 6.92 Å². The van der Waals surface area contributed by atoms with Crippen LogP contribution in [0.15, 0.2) is 54.7 Å². The summed E-state index contributed by atoms with van der Waals surface area (Å²) in [5.41, 5.74) is 2.41. The maximum Gasteiger partial charge on any atom is 0.326 e. The normalized spacial score (nSPS) is 11.4. The van der Waals surface area contributed by atoms with E-state index in [9.17, 15) is 19.5 Å². The van der Waals surface area contributed by atoms with Gasteiger partial charge in [0.05, 0.1) is 33.2 Å². The van der Waals surface area contributed by atoms with Gasteiger partial charge in [0.15, 0.2) is 0 Å². The third-order valence-electron chi connectivity index (χ3n) is 4.73. The van der Waals surface area contributed by atoms with Gasteiger partial charge in [-0.15, -0.1) is 0 Å². The predicted molar refractivity (Wildman–Crippen MR) is 129 cm³/mol. The highest BCUT2D eigenvalue weighted by Gasteiger charge is 2.23. The molecule has 0 saturated heterocycles. The van der Waals surface area contributed by atoms with Gasteiger partial charge in [-0.2, -0.15) is 10.2 Å². The van der Waals surface area contributed by atoms with Crippen molar-refractivity contribution in [1.29, 1.82) is 0 Å². The molecule has 0 aliphatic carbocycles. The number of urea groups is 1. The van der Waals surface area contributed by atoms with E-state index in [0.717, 1.165) is 5.56 Å². The van der Waals surface area contributed by atoms with Crippen molar-refractivity contribution in [1.82, 2.24) is 20.8 Å². The summed E-state index contributed by atoms with van der Waals surface area (Å²) in [6, 6.07) is 11.7. The number of hydrogen-bond acceptors (Lipinski definition) is 5. The van der Waals surface area contributed by atoms with Crippen molar-refractivity contribution in [3.63, 3.8) is 0 Å². The summed E-state index contributed by atoms with van der Waals surface area (Å²) in [6.45, 7) is 2.30. The van der Waals surface area contributed by atoms with Crippen molar-refractivity contribution in [2.75, 3.05) is 11.9 Å². The number of nitrogens with one attached hydrogen (secondary N) is 3. The van der Waals surface area contributed by atoms with Gasteiger partial charge in [-0.1, -0.05) is 53.5 Å². The monoisotopic (exact) mass is 501 g/mol. The highest BCUT2D eigenvalue weighted by atomic mass is 35.5. The summed E-state index contributed by atoms with van der Waals surface area (Å²) >= 11 is 12.1. The van der Waals surface area contributed by atoms with Crippen LogP contribution in [-0.2, 0) is 11.2 Å². The quantitative estimate of drug-likeness (QED) is 0.368. The smallest absolute Gasteiger partial charge is 0.326 e. The molecule has 4 N–H and O–H groups in total. The van der Waals surface area contributed by atoms with Crippen LogP contribution < -0.4 is 16.0 Å². The lowest BCUT2D eigenvalue weighted by molar-refractivity contribution is -0.139. The molecule has 0 fully saturated rings. The summed E-state index contributed by atoms with van der Waals surface area (Å²) in [5.74, 6) is -1.87. The number of nitrogens with zero attached hydrogens (tertiary/aromatic N) is 2. The molecule has 176 valence electrons. The fourth-order valence-corrected chi connectivity index (χ4v) is 3.67. The summed E-state index contributed by atoms with van der Waals surface area (Å²) in [5, 5.41) is 25.6. The Bertz CT molecular complexity index is 1180. The topological polar surface area (TPSA) is 133 Å². The van der Waals surface area contributed by atoms with Crippen molar-refractivity contribution in [2.45, 2.75) is 19.4 Å². The SMILES string of the molecule is CCNC(=O)Nc1cnnc(-c2ccc(C[C@H](NC(=O)c3c(Cl)cccc3Cl)C(=O)O)cc2)c1. The van der Waals surface area contributed by atoms with Gasteiger partial charge in [0, 0.05) is 18.5 Å². The lowest BCUT2D eigenvalue weighted by Gasteiger charge is -2.16. The number of aliphatic carboxylic acids is 1. The Balaban J connectivity index is 1.72. The van der Waals surface area contributed by atoms with E-state index in [1.165, 1.54) is 18.3 Å². The zero-order valence-electron chi connectivity index (χ0n) is 18.0. The van der Waals surface area contributed by atoms with Crippen molar-refractivity contribution in [3.05, 3.63) is 75.9 Å². The zero-order valence-corrected chi connectivity index (χ0v) is 19.5. The van der Waals surface area contributed by atoms with Crippen molar-refractivity contribution in [2.24, 2.45) is 0 Å². The Morgan fingerprint density at radius 2 is 1.74 bits per heavy atom. The largest absolute Gasteiger partial charge is 0.480 e. The Morgan fingerprint density at radius 3 is 2.35 bits per heavy atom. The number of carboxylic acid groups (broad SMARTS) is 1. The Kier molecular flexibility index (Phi) is 8.39. The minimum absolute atomic E-state index is 0.0205. The minimum Gasteiger partial charge on any atom is -0.480 e. The van der Waals surface area contributed by atoms with E-state index in [1.54, 1.807) is 36.4 Å². The van der Waals surface area contributed by atoms with Crippen molar-refractivity contribution < 1.29 is 19.5 Å². The Labute approximate surface area is 205 Å². The average molecular weight is 502 g/mol. The predicted octanol–water partition coefficient (Wildman–Crippen LogP) is 4.02. The van der Waals surface area contributed by atoms with Crippen LogP contribution in [0.25, 0.3) is 11.3 Å². The second-order valence-corrected chi connectivity index (χ2v) is 7.99. The molecule has 0 radical (unpaired) electrons. The maximum absolute atomic E-state index is 12.6. The lowest BCUT2D eigenvalue weighted by atomic mass is 10.0. The number of halogens is 2. The van der Waals surface area contributed by atoms with Gasteiger partial charge < -0.3 is 21.1 Å². The molecule has 3 aromatic rings. The number of carboxylic acids is 1. The number of carbonyl (C=O) groups excluding carboxylic acids is 2. The number of aromatic nitrogens is 2. The van der Waals surface area contributed by atoms with Crippen LogP contribution in [0.4, 0.5) is 10.5 Å². The van der Waals surface area contributed by atoms with Crippen LogP contribution in [0.3, 0.4) is 0 Å².